The van der Waals surface area contributed by atoms with Crippen LogP contribution in [0.2, 0.25) is 0 Å². The number of aromatic nitrogens is 2. The molecule has 0 radical (unpaired) electrons. The van der Waals surface area contributed by atoms with E-state index >= 15 is 0 Å². The Morgan fingerprint density at radius 3 is 2.40 bits per heavy atom. The first kappa shape index (κ1) is 13.0. The molecule has 0 unspecified atom stereocenters. The minimum Gasteiger partial charge on any atom is -0.272 e. The molecular weight excluding hydrogens is 299 g/mol. The van der Waals surface area contributed by atoms with Gasteiger partial charge in [0.05, 0.1) is 0 Å². The highest BCUT2D eigenvalue weighted by atomic mass is 127. The number of hydrogen-bond donors (Lipinski definition) is 0. The van der Waals surface area contributed by atoms with Crippen molar-refractivity contribution in [3.63, 3.8) is 0 Å². The van der Waals surface area contributed by atoms with Crippen LogP contribution in [-0.2, 0) is 6.54 Å². The molecule has 0 bridgehead atoms. The van der Waals surface area contributed by atoms with E-state index in [1.54, 1.807) is 0 Å². The molecule has 1 heterocycles. The zero-order valence-corrected chi connectivity index (χ0v) is 11.7. The maximum absolute atomic E-state index is 4.36. The first-order chi connectivity index (χ1) is 7.33. The molecule has 86 valence electrons. The molecule has 0 fully saturated rings. The van der Waals surface area contributed by atoms with Crippen LogP contribution in [0.5, 0.6) is 0 Å². The van der Waals surface area contributed by atoms with Crippen LogP contribution < -0.4 is 0 Å². The molecule has 0 N–H and O–H groups in total. The van der Waals surface area contributed by atoms with Gasteiger partial charge in [-0.3, -0.25) is 4.68 Å². The lowest BCUT2D eigenvalue weighted by Crippen LogP contribution is -1.98. The fraction of sp³-hybridized carbons (Fsp3) is 0.750. The van der Waals surface area contributed by atoms with Gasteiger partial charge in [-0.2, -0.15) is 5.10 Å². The maximum atomic E-state index is 4.36. The third-order valence-electron chi connectivity index (χ3n) is 2.60. The van der Waals surface area contributed by atoms with E-state index in [-0.39, 0.29) is 0 Å². The van der Waals surface area contributed by atoms with Crippen LogP contribution in [0.4, 0.5) is 0 Å². The van der Waals surface area contributed by atoms with Crippen molar-refractivity contribution in [1.82, 2.24) is 9.78 Å². The molecule has 0 aromatic carbocycles. The lowest BCUT2D eigenvalue weighted by atomic mass is 10.1. The van der Waals surface area contributed by atoms with Crippen LogP contribution in [0.25, 0.3) is 0 Å². The van der Waals surface area contributed by atoms with E-state index in [4.69, 9.17) is 0 Å². The number of rotatable bonds is 8. The molecule has 0 aliphatic heterocycles. The van der Waals surface area contributed by atoms with Gasteiger partial charge in [0.15, 0.2) is 0 Å². The second-order valence-corrected chi connectivity index (χ2v) is 5.13. The summed E-state index contributed by atoms with van der Waals surface area (Å²) >= 11 is 2.25. The summed E-state index contributed by atoms with van der Waals surface area (Å²) in [7, 11) is 0. The molecule has 0 saturated carbocycles. The van der Waals surface area contributed by atoms with E-state index in [0.717, 1.165) is 10.2 Å². The molecule has 0 spiro atoms. The average molecular weight is 320 g/mol. The molecule has 2 nitrogen and oxygen atoms in total. The molecule has 0 amide bonds. The van der Waals surface area contributed by atoms with E-state index in [1.807, 2.05) is 4.68 Å². The zero-order valence-electron chi connectivity index (χ0n) is 9.58. The fourth-order valence-corrected chi connectivity index (χ4v) is 2.13. The predicted molar refractivity (Wildman–Crippen MR) is 72.9 cm³/mol. The summed E-state index contributed by atoms with van der Waals surface area (Å²) in [4.78, 5) is 0. The van der Waals surface area contributed by atoms with E-state index in [0.29, 0.717) is 0 Å². The Bertz CT molecular complexity index is 258. The van der Waals surface area contributed by atoms with Crippen LogP contribution >= 0.6 is 22.6 Å². The molecule has 1 aromatic heterocycles. The summed E-state index contributed by atoms with van der Waals surface area (Å²) in [6, 6.07) is 2.06. The van der Waals surface area contributed by atoms with E-state index < -0.39 is 0 Å². The maximum Gasteiger partial charge on any atom is 0.123 e. The normalized spacial score (nSPS) is 10.8. The third-order valence-corrected chi connectivity index (χ3v) is 3.17. The van der Waals surface area contributed by atoms with Gasteiger partial charge in [-0.1, -0.05) is 45.4 Å². The van der Waals surface area contributed by atoms with Crippen molar-refractivity contribution >= 4 is 22.6 Å². The Hall–Kier alpha value is -0.0600. The smallest absolute Gasteiger partial charge is 0.123 e. The van der Waals surface area contributed by atoms with Crippen LogP contribution in [0.1, 0.15) is 51.9 Å². The van der Waals surface area contributed by atoms with Gasteiger partial charge in [0.1, 0.15) is 3.70 Å². The first-order valence-electron chi connectivity index (χ1n) is 6.02. The number of halogens is 1. The van der Waals surface area contributed by atoms with Crippen molar-refractivity contribution in [2.75, 3.05) is 0 Å². The second-order valence-electron chi connectivity index (χ2n) is 4.02. The zero-order chi connectivity index (χ0) is 10.9. The molecule has 0 aliphatic rings. The molecule has 0 atom stereocenters. The molecule has 3 heteroatoms. The highest BCUT2D eigenvalue weighted by Gasteiger charge is 1.95. The van der Waals surface area contributed by atoms with Gasteiger partial charge < -0.3 is 0 Å². The largest absolute Gasteiger partial charge is 0.272 e. The minimum atomic E-state index is 1.08. The summed E-state index contributed by atoms with van der Waals surface area (Å²) < 4.78 is 3.14. The Morgan fingerprint density at radius 2 is 1.80 bits per heavy atom. The van der Waals surface area contributed by atoms with Gasteiger partial charge in [0.25, 0.3) is 0 Å². The number of hydrogen-bond acceptors (Lipinski definition) is 1. The standard InChI is InChI=1S/C12H21IN2/c1-2-3-4-5-6-7-8-10-15-11-9-12(13)14-15/h9,11H,2-8,10H2,1H3. The summed E-state index contributed by atoms with van der Waals surface area (Å²) in [5.41, 5.74) is 0. The fourth-order valence-electron chi connectivity index (χ4n) is 1.69. The average Bonchev–Trinajstić information content (AvgIpc) is 2.63. The van der Waals surface area contributed by atoms with Gasteiger partial charge in [-0.25, -0.2) is 0 Å². The molecule has 1 aromatic rings. The van der Waals surface area contributed by atoms with Crippen molar-refractivity contribution in [3.05, 3.63) is 16.0 Å². The van der Waals surface area contributed by atoms with Crippen LogP contribution in [0.3, 0.4) is 0 Å². The Labute approximate surface area is 107 Å². The van der Waals surface area contributed by atoms with Crippen molar-refractivity contribution in [1.29, 1.82) is 0 Å². The third kappa shape index (κ3) is 6.17. The molecular formula is C12H21IN2. The van der Waals surface area contributed by atoms with Gasteiger partial charge >= 0.3 is 0 Å². The Kier molecular flexibility index (Phi) is 7.05. The lowest BCUT2D eigenvalue weighted by molar-refractivity contribution is 0.522. The van der Waals surface area contributed by atoms with Gasteiger partial charge in [-0.05, 0) is 35.1 Å². The minimum absolute atomic E-state index is 1.08. The second kappa shape index (κ2) is 8.13. The van der Waals surface area contributed by atoms with Crippen molar-refractivity contribution in [2.24, 2.45) is 0 Å². The van der Waals surface area contributed by atoms with Gasteiger partial charge in [0.2, 0.25) is 0 Å². The summed E-state index contributed by atoms with van der Waals surface area (Å²) in [6.45, 7) is 3.34. The topological polar surface area (TPSA) is 17.8 Å². The van der Waals surface area contributed by atoms with Crippen LogP contribution in [0.15, 0.2) is 12.3 Å². The van der Waals surface area contributed by atoms with Crippen molar-refractivity contribution in [2.45, 2.75) is 58.4 Å². The SMILES string of the molecule is CCCCCCCCCn1ccc(I)n1. The molecule has 1 rings (SSSR count). The quantitative estimate of drug-likeness (QED) is 0.517. The number of unbranched alkanes of at least 4 members (excludes halogenated alkanes) is 6. The highest BCUT2D eigenvalue weighted by Crippen LogP contribution is 2.08. The van der Waals surface area contributed by atoms with E-state index in [2.05, 4.69) is 46.9 Å². The van der Waals surface area contributed by atoms with Crippen molar-refractivity contribution < 1.29 is 0 Å². The van der Waals surface area contributed by atoms with Crippen molar-refractivity contribution in [3.8, 4) is 0 Å². The predicted octanol–water partition coefficient (Wildman–Crippen LogP) is 4.24. The van der Waals surface area contributed by atoms with Gasteiger partial charge in [-0.15, -0.1) is 0 Å². The summed E-state index contributed by atoms with van der Waals surface area (Å²) in [5.74, 6) is 0. The van der Waals surface area contributed by atoms with E-state index in [9.17, 15) is 0 Å². The lowest BCUT2D eigenvalue weighted by Gasteiger charge is -2.01. The highest BCUT2D eigenvalue weighted by molar-refractivity contribution is 14.1. The van der Waals surface area contributed by atoms with Crippen LogP contribution in [0, 0.1) is 3.70 Å². The van der Waals surface area contributed by atoms with Crippen LogP contribution in [-0.4, -0.2) is 9.78 Å². The first-order valence-corrected chi connectivity index (χ1v) is 7.09. The van der Waals surface area contributed by atoms with E-state index in [1.165, 1.54) is 44.9 Å². The summed E-state index contributed by atoms with van der Waals surface area (Å²) in [5, 5.41) is 4.36. The Balaban J connectivity index is 1.93. The molecule has 0 saturated heterocycles. The number of nitrogens with zero attached hydrogens (tertiary/aromatic N) is 2. The molecule has 0 aliphatic carbocycles. The van der Waals surface area contributed by atoms with Gasteiger partial charge in [0, 0.05) is 12.7 Å². The Morgan fingerprint density at radius 1 is 1.13 bits per heavy atom. The molecule has 15 heavy (non-hydrogen) atoms. The summed E-state index contributed by atoms with van der Waals surface area (Å²) in [6.07, 6.45) is 11.6. The number of aryl methyl sites for hydroxylation is 1. The monoisotopic (exact) mass is 320 g/mol.